The molecule has 0 aromatic heterocycles. The molecule has 0 fully saturated rings. The maximum atomic E-state index is 11.8. The fourth-order valence-corrected chi connectivity index (χ4v) is 3.23. The molecule has 1 atom stereocenters. The van der Waals surface area contributed by atoms with Crippen molar-refractivity contribution in [2.24, 2.45) is 0 Å². The quantitative estimate of drug-likeness (QED) is 0.714. The second-order valence-corrected chi connectivity index (χ2v) is 6.88. The highest BCUT2D eigenvalue weighted by Gasteiger charge is 2.10. The minimum atomic E-state index is -0.743. The maximum Gasteiger partial charge on any atom is 0.220 e. The number of aliphatic hydroxyl groups excluding tert-OH is 1. The molecule has 0 aliphatic rings. The zero-order chi connectivity index (χ0) is 16.7. The summed E-state index contributed by atoms with van der Waals surface area (Å²) in [5, 5.41) is 14.1. The molecule has 0 heterocycles. The Morgan fingerprint density at radius 2 is 1.83 bits per heavy atom. The highest BCUT2D eigenvalue weighted by molar-refractivity contribution is 7.99. The summed E-state index contributed by atoms with van der Waals surface area (Å²) in [5.74, 6) is 0.532. The second kappa shape index (κ2) is 9.18. The Kier molecular flexibility index (Phi) is 7.24. The summed E-state index contributed by atoms with van der Waals surface area (Å²) in [4.78, 5) is 12.8. The SMILES string of the molecule is O=C(CCSc1ccccc1Cl)NCC(O)c1ccc(Cl)cc1. The lowest BCUT2D eigenvalue weighted by atomic mass is 10.1. The minimum absolute atomic E-state index is 0.0995. The van der Waals surface area contributed by atoms with Gasteiger partial charge in [0.2, 0.25) is 5.91 Å². The summed E-state index contributed by atoms with van der Waals surface area (Å²) in [5.41, 5.74) is 0.722. The summed E-state index contributed by atoms with van der Waals surface area (Å²) in [6, 6.07) is 14.4. The molecule has 122 valence electrons. The first-order valence-electron chi connectivity index (χ1n) is 7.14. The molecule has 0 radical (unpaired) electrons. The summed E-state index contributed by atoms with van der Waals surface area (Å²) in [6.07, 6.45) is -0.379. The van der Waals surface area contributed by atoms with Crippen molar-refractivity contribution in [3.8, 4) is 0 Å². The minimum Gasteiger partial charge on any atom is -0.387 e. The third kappa shape index (κ3) is 6.07. The third-order valence-corrected chi connectivity index (χ3v) is 4.94. The molecule has 3 nitrogen and oxygen atoms in total. The van der Waals surface area contributed by atoms with Crippen LogP contribution in [0, 0.1) is 0 Å². The molecule has 0 aliphatic heterocycles. The van der Waals surface area contributed by atoms with Crippen LogP contribution in [0.4, 0.5) is 0 Å². The summed E-state index contributed by atoms with van der Waals surface area (Å²) in [6.45, 7) is 0.178. The van der Waals surface area contributed by atoms with Crippen LogP contribution in [0.1, 0.15) is 18.1 Å². The fraction of sp³-hybridized carbons (Fsp3) is 0.235. The standard InChI is InChI=1S/C17H17Cl2NO2S/c18-13-7-5-12(6-8-13)15(21)11-20-17(22)9-10-23-16-4-2-1-3-14(16)19/h1-8,15,21H,9-11H2,(H,20,22). The van der Waals surface area contributed by atoms with Crippen molar-refractivity contribution in [1.29, 1.82) is 0 Å². The van der Waals surface area contributed by atoms with Gasteiger partial charge in [-0.1, -0.05) is 47.5 Å². The van der Waals surface area contributed by atoms with Crippen LogP contribution in [0.3, 0.4) is 0 Å². The number of hydrogen-bond donors (Lipinski definition) is 2. The average molecular weight is 370 g/mol. The second-order valence-electron chi connectivity index (χ2n) is 4.90. The molecule has 0 saturated heterocycles. The van der Waals surface area contributed by atoms with Crippen LogP contribution < -0.4 is 5.32 Å². The van der Waals surface area contributed by atoms with Crippen LogP contribution >= 0.6 is 35.0 Å². The third-order valence-electron chi connectivity index (χ3n) is 3.17. The van der Waals surface area contributed by atoms with Gasteiger partial charge in [0, 0.05) is 28.6 Å². The highest BCUT2D eigenvalue weighted by atomic mass is 35.5. The Bertz CT molecular complexity index is 649. The zero-order valence-electron chi connectivity index (χ0n) is 12.3. The smallest absolute Gasteiger partial charge is 0.220 e. The van der Waals surface area contributed by atoms with Crippen molar-refractivity contribution >= 4 is 40.9 Å². The number of nitrogens with one attached hydrogen (secondary N) is 1. The first-order chi connectivity index (χ1) is 11.1. The maximum absolute atomic E-state index is 11.8. The lowest BCUT2D eigenvalue weighted by molar-refractivity contribution is -0.121. The molecule has 2 rings (SSSR count). The Labute approximate surface area is 150 Å². The average Bonchev–Trinajstić information content (AvgIpc) is 2.55. The van der Waals surface area contributed by atoms with Crippen LogP contribution in [0.15, 0.2) is 53.4 Å². The molecule has 0 bridgehead atoms. The molecule has 2 N–H and O–H groups in total. The van der Waals surface area contributed by atoms with Crippen molar-refractivity contribution in [2.75, 3.05) is 12.3 Å². The Morgan fingerprint density at radius 1 is 1.13 bits per heavy atom. The van der Waals surface area contributed by atoms with Crippen LogP contribution in [0.5, 0.6) is 0 Å². The number of carbonyl (C=O) groups is 1. The van der Waals surface area contributed by atoms with Crippen LogP contribution in [0.2, 0.25) is 10.0 Å². The first kappa shape index (κ1) is 18.1. The molecule has 6 heteroatoms. The van der Waals surface area contributed by atoms with Crippen molar-refractivity contribution in [3.63, 3.8) is 0 Å². The van der Waals surface area contributed by atoms with Crippen molar-refractivity contribution in [2.45, 2.75) is 17.4 Å². The van der Waals surface area contributed by atoms with Gasteiger partial charge in [0.05, 0.1) is 11.1 Å². The van der Waals surface area contributed by atoms with Gasteiger partial charge in [0.1, 0.15) is 0 Å². The largest absolute Gasteiger partial charge is 0.387 e. The van der Waals surface area contributed by atoms with Crippen LogP contribution in [-0.2, 0) is 4.79 Å². The monoisotopic (exact) mass is 369 g/mol. The molecule has 0 aliphatic carbocycles. The lowest BCUT2D eigenvalue weighted by Gasteiger charge is -2.12. The molecule has 0 saturated carbocycles. The first-order valence-corrected chi connectivity index (χ1v) is 8.88. The zero-order valence-corrected chi connectivity index (χ0v) is 14.7. The summed E-state index contributed by atoms with van der Waals surface area (Å²) < 4.78 is 0. The van der Waals surface area contributed by atoms with E-state index in [4.69, 9.17) is 23.2 Å². The van der Waals surface area contributed by atoms with Crippen molar-refractivity contribution in [3.05, 3.63) is 64.1 Å². The van der Waals surface area contributed by atoms with E-state index in [1.807, 2.05) is 24.3 Å². The Morgan fingerprint density at radius 3 is 2.52 bits per heavy atom. The van der Waals surface area contributed by atoms with Crippen LogP contribution in [0.25, 0.3) is 0 Å². The van der Waals surface area contributed by atoms with Gasteiger partial charge in [0.25, 0.3) is 0 Å². The summed E-state index contributed by atoms with van der Waals surface area (Å²) >= 11 is 13.4. The number of hydrogen-bond acceptors (Lipinski definition) is 3. The van der Waals surface area contributed by atoms with E-state index in [2.05, 4.69) is 5.32 Å². The fourth-order valence-electron chi connectivity index (χ4n) is 1.92. The van der Waals surface area contributed by atoms with E-state index in [9.17, 15) is 9.90 Å². The normalized spacial score (nSPS) is 12.0. The van der Waals surface area contributed by atoms with Gasteiger partial charge in [-0.15, -0.1) is 11.8 Å². The molecule has 2 aromatic rings. The molecule has 2 aromatic carbocycles. The Balaban J connectivity index is 1.71. The highest BCUT2D eigenvalue weighted by Crippen LogP contribution is 2.26. The number of aliphatic hydroxyl groups is 1. The van der Waals surface area contributed by atoms with Gasteiger partial charge in [-0.05, 0) is 29.8 Å². The summed E-state index contributed by atoms with van der Waals surface area (Å²) in [7, 11) is 0. The number of benzene rings is 2. The van der Waals surface area contributed by atoms with E-state index in [1.54, 1.807) is 24.3 Å². The number of amides is 1. The van der Waals surface area contributed by atoms with Crippen LogP contribution in [-0.4, -0.2) is 23.3 Å². The number of rotatable bonds is 7. The number of carbonyl (C=O) groups excluding carboxylic acids is 1. The van der Waals surface area contributed by atoms with Gasteiger partial charge >= 0.3 is 0 Å². The van der Waals surface area contributed by atoms with Gasteiger partial charge in [0.15, 0.2) is 0 Å². The van der Waals surface area contributed by atoms with Crippen molar-refractivity contribution < 1.29 is 9.90 Å². The van der Waals surface area contributed by atoms with Gasteiger partial charge in [-0.2, -0.15) is 0 Å². The predicted octanol–water partition coefficient (Wildman–Crippen LogP) is 4.33. The van der Waals surface area contributed by atoms with E-state index >= 15 is 0 Å². The molecule has 0 spiro atoms. The lowest BCUT2D eigenvalue weighted by Crippen LogP contribution is -2.28. The van der Waals surface area contributed by atoms with E-state index in [-0.39, 0.29) is 12.5 Å². The van der Waals surface area contributed by atoms with Gasteiger partial charge in [-0.3, -0.25) is 4.79 Å². The number of halogens is 2. The van der Waals surface area contributed by atoms with E-state index in [0.717, 1.165) is 10.5 Å². The Hall–Kier alpha value is -1.20. The van der Waals surface area contributed by atoms with E-state index < -0.39 is 6.10 Å². The molecular formula is C17H17Cl2NO2S. The molecule has 1 amide bonds. The molecule has 1 unspecified atom stereocenters. The predicted molar refractivity (Wildman–Crippen MR) is 96.2 cm³/mol. The van der Waals surface area contributed by atoms with E-state index in [0.29, 0.717) is 22.2 Å². The molecular weight excluding hydrogens is 353 g/mol. The van der Waals surface area contributed by atoms with Gasteiger partial charge in [-0.25, -0.2) is 0 Å². The van der Waals surface area contributed by atoms with Gasteiger partial charge < -0.3 is 10.4 Å². The molecule has 23 heavy (non-hydrogen) atoms. The van der Waals surface area contributed by atoms with E-state index in [1.165, 1.54) is 11.8 Å². The topological polar surface area (TPSA) is 49.3 Å². The number of thioether (sulfide) groups is 1. The van der Waals surface area contributed by atoms with Crippen molar-refractivity contribution in [1.82, 2.24) is 5.32 Å².